The summed E-state index contributed by atoms with van der Waals surface area (Å²) in [6.07, 6.45) is 1.72. The number of rotatable bonds is 4. The van der Waals surface area contributed by atoms with Crippen molar-refractivity contribution in [1.29, 1.82) is 0 Å². The number of nitrogens with two attached hydrogens (primary N) is 1. The van der Waals surface area contributed by atoms with Gasteiger partial charge in [0.05, 0.1) is 0 Å². The minimum absolute atomic E-state index is 0.350. The summed E-state index contributed by atoms with van der Waals surface area (Å²) in [7, 11) is 0. The third kappa shape index (κ3) is 3.42. The Hall–Kier alpha value is -3.39. The van der Waals surface area contributed by atoms with Crippen molar-refractivity contribution in [3.63, 3.8) is 0 Å². The summed E-state index contributed by atoms with van der Waals surface area (Å²) in [5.74, 6) is 2.38. The second-order valence-corrected chi connectivity index (χ2v) is 7.35. The molecule has 3 aromatic heterocycles. The van der Waals surface area contributed by atoms with Crippen LogP contribution in [0.3, 0.4) is 0 Å². The van der Waals surface area contributed by atoms with Gasteiger partial charge in [-0.2, -0.15) is 0 Å². The van der Waals surface area contributed by atoms with E-state index in [2.05, 4.69) is 55.2 Å². The van der Waals surface area contributed by atoms with Crippen LogP contribution in [0.25, 0.3) is 17.2 Å². The molecule has 0 amide bonds. The van der Waals surface area contributed by atoms with Crippen LogP contribution in [0.2, 0.25) is 0 Å². The second kappa shape index (κ2) is 7.21. The van der Waals surface area contributed by atoms with E-state index in [1.807, 2.05) is 6.92 Å². The quantitative estimate of drug-likeness (QED) is 0.574. The van der Waals surface area contributed by atoms with Crippen molar-refractivity contribution in [2.45, 2.75) is 13.5 Å². The SMILES string of the molecule is Cc1c(N2CCN(Cc3ccccc3)CC2)ncn2nc(-c3ccc(N)o3)nc12. The van der Waals surface area contributed by atoms with Crippen LogP contribution in [-0.4, -0.2) is 50.7 Å². The molecule has 0 spiro atoms. The summed E-state index contributed by atoms with van der Waals surface area (Å²) >= 11 is 0. The number of fused-ring (bicyclic) bond motifs is 1. The highest BCUT2D eigenvalue weighted by molar-refractivity contribution is 5.63. The molecule has 1 fully saturated rings. The lowest BCUT2D eigenvalue weighted by Crippen LogP contribution is -2.46. The van der Waals surface area contributed by atoms with Crippen molar-refractivity contribution >= 4 is 17.3 Å². The van der Waals surface area contributed by atoms with Crippen LogP contribution in [0.1, 0.15) is 11.1 Å². The molecular weight excluding hydrogens is 366 g/mol. The van der Waals surface area contributed by atoms with Gasteiger partial charge in [-0.15, -0.1) is 5.10 Å². The summed E-state index contributed by atoms with van der Waals surface area (Å²) in [5, 5.41) is 4.47. The van der Waals surface area contributed by atoms with Crippen LogP contribution in [0.15, 0.2) is 53.2 Å². The second-order valence-electron chi connectivity index (χ2n) is 7.35. The van der Waals surface area contributed by atoms with Crippen molar-refractivity contribution in [1.82, 2.24) is 24.5 Å². The van der Waals surface area contributed by atoms with E-state index in [0.717, 1.165) is 49.8 Å². The number of anilines is 2. The first-order valence-electron chi connectivity index (χ1n) is 9.76. The monoisotopic (exact) mass is 389 g/mol. The smallest absolute Gasteiger partial charge is 0.218 e. The molecule has 4 heterocycles. The van der Waals surface area contributed by atoms with Crippen LogP contribution in [-0.2, 0) is 6.54 Å². The third-order valence-corrected chi connectivity index (χ3v) is 5.36. The minimum atomic E-state index is 0.350. The van der Waals surface area contributed by atoms with Gasteiger partial charge >= 0.3 is 0 Å². The topological polar surface area (TPSA) is 88.7 Å². The zero-order chi connectivity index (χ0) is 19.8. The molecule has 148 valence electrons. The Bertz CT molecular complexity index is 1130. The molecule has 0 unspecified atom stereocenters. The first-order chi connectivity index (χ1) is 14.2. The molecule has 0 atom stereocenters. The molecular formula is C21H23N7O. The normalized spacial score (nSPS) is 15.3. The van der Waals surface area contributed by atoms with Crippen molar-refractivity contribution in [2.24, 2.45) is 0 Å². The summed E-state index contributed by atoms with van der Waals surface area (Å²) in [4.78, 5) is 14.1. The highest BCUT2D eigenvalue weighted by Crippen LogP contribution is 2.25. The predicted octanol–water partition coefficient (Wildman–Crippen LogP) is 2.60. The van der Waals surface area contributed by atoms with Gasteiger partial charge in [0.1, 0.15) is 12.1 Å². The molecule has 4 aromatic rings. The molecule has 0 radical (unpaired) electrons. The van der Waals surface area contributed by atoms with Crippen LogP contribution >= 0.6 is 0 Å². The number of hydrogen-bond donors (Lipinski definition) is 1. The lowest BCUT2D eigenvalue weighted by molar-refractivity contribution is 0.249. The van der Waals surface area contributed by atoms with Crippen LogP contribution < -0.4 is 10.6 Å². The average molecular weight is 389 g/mol. The van der Waals surface area contributed by atoms with Gasteiger partial charge in [0, 0.05) is 44.4 Å². The minimum Gasteiger partial charge on any atom is -0.438 e. The Kier molecular flexibility index (Phi) is 4.40. The summed E-state index contributed by atoms with van der Waals surface area (Å²) in [5.41, 5.74) is 8.82. The largest absolute Gasteiger partial charge is 0.438 e. The van der Waals surface area contributed by atoms with Crippen molar-refractivity contribution in [3.8, 4) is 11.6 Å². The number of aryl methyl sites for hydroxylation is 1. The zero-order valence-corrected chi connectivity index (χ0v) is 16.3. The van der Waals surface area contributed by atoms with E-state index in [-0.39, 0.29) is 0 Å². The zero-order valence-electron chi connectivity index (χ0n) is 16.3. The maximum atomic E-state index is 5.67. The Morgan fingerprint density at radius 3 is 2.55 bits per heavy atom. The van der Waals surface area contributed by atoms with Crippen LogP contribution in [0, 0.1) is 6.92 Å². The molecule has 1 aliphatic rings. The predicted molar refractivity (Wildman–Crippen MR) is 112 cm³/mol. The number of aromatic nitrogens is 4. The van der Waals surface area contributed by atoms with Gasteiger partial charge in [0.15, 0.2) is 17.3 Å². The van der Waals surface area contributed by atoms with Crippen molar-refractivity contribution in [2.75, 3.05) is 36.8 Å². The molecule has 1 saturated heterocycles. The van der Waals surface area contributed by atoms with E-state index in [4.69, 9.17) is 10.2 Å². The van der Waals surface area contributed by atoms with E-state index >= 15 is 0 Å². The molecule has 1 aromatic carbocycles. The number of piperazine rings is 1. The molecule has 0 saturated carbocycles. The van der Waals surface area contributed by atoms with E-state index < -0.39 is 0 Å². The van der Waals surface area contributed by atoms with Gasteiger partial charge < -0.3 is 15.1 Å². The van der Waals surface area contributed by atoms with E-state index in [9.17, 15) is 0 Å². The molecule has 8 nitrogen and oxygen atoms in total. The van der Waals surface area contributed by atoms with Crippen LogP contribution in [0.4, 0.5) is 11.7 Å². The Morgan fingerprint density at radius 2 is 1.83 bits per heavy atom. The van der Waals surface area contributed by atoms with Crippen molar-refractivity contribution < 1.29 is 4.42 Å². The molecule has 29 heavy (non-hydrogen) atoms. The van der Waals surface area contributed by atoms with Gasteiger partial charge in [-0.3, -0.25) is 4.90 Å². The number of furan rings is 1. The fourth-order valence-electron chi connectivity index (χ4n) is 3.82. The standard InChI is InChI=1S/C21H23N7O/c1-15-20(27-11-9-26(10-12-27)13-16-5-3-2-4-6-16)23-14-28-21(15)24-19(25-28)17-7-8-18(22)29-17/h2-8,14H,9-13,22H2,1H3. The third-order valence-electron chi connectivity index (χ3n) is 5.36. The lowest BCUT2D eigenvalue weighted by atomic mass is 10.2. The molecule has 1 aliphatic heterocycles. The summed E-state index contributed by atoms with van der Waals surface area (Å²) in [6, 6.07) is 14.1. The number of benzene rings is 1. The first kappa shape index (κ1) is 17.7. The molecule has 5 rings (SSSR count). The van der Waals surface area contributed by atoms with Gasteiger partial charge in [0.25, 0.3) is 0 Å². The molecule has 0 bridgehead atoms. The maximum absolute atomic E-state index is 5.67. The van der Waals surface area contributed by atoms with E-state index in [1.54, 1.807) is 23.0 Å². The average Bonchev–Trinajstić information content (AvgIpc) is 3.37. The first-order valence-corrected chi connectivity index (χ1v) is 9.76. The molecule has 2 N–H and O–H groups in total. The van der Waals surface area contributed by atoms with E-state index in [1.165, 1.54) is 5.56 Å². The maximum Gasteiger partial charge on any atom is 0.218 e. The van der Waals surface area contributed by atoms with Crippen molar-refractivity contribution in [3.05, 3.63) is 59.9 Å². The summed E-state index contributed by atoms with van der Waals surface area (Å²) < 4.78 is 7.14. The lowest BCUT2D eigenvalue weighted by Gasteiger charge is -2.36. The number of nitrogen functional groups attached to an aromatic ring is 1. The molecule has 0 aliphatic carbocycles. The highest BCUT2D eigenvalue weighted by Gasteiger charge is 2.22. The van der Waals surface area contributed by atoms with Gasteiger partial charge in [-0.25, -0.2) is 14.5 Å². The Labute approximate surface area is 168 Å². The van der Waals surface area contributed by atoms with Gasteiger partial charge in [-0.05, 0) is 18.6 Å². The van der Waals surface area contributed by atoms with Gasteiger partial charge in [0.2, 0.25) is 5.82 Å². The fraction of sp³-hybridized carbons (Fsp3) is 0.286. The Morgan fingerprint density at radius 1 is 1.03 bits per heavy atom. The fourth-order valence-corrected chi connectivity index (χ4v) is 3.82. The Balaban J connectivity index is 1.33. The van der Waals surface area contributed by atoms with Gasteiger partial charge in [-0.1, -0.05) is 30.3 Å². The summed E-state index contributed by atoms with van der Waals surface area (Å²) in [6.45, 7) is 6.91. The number of hydrogen-bond acceptors (Lipinski definition) is 7. The molecule has 8 heteroatoms. The van der Waals surface area contributed by atoms with E-state index in [0.29, 0.717) is 17.5 Å². The van der Waals surface area contributed by atoms with Crippen LogP contribution in [0.5, 0.6) is 0 Å². The highest BCUT2D eigenvalue weighted by atomic mass is 16.4. The number of nitrogens with zero attached hydrogens (tertiary/aromatic N) is 6.